The van der Waals surface area contributed by atoms with Crippen molar-refractivity contribution in [2.75, 3.05) is 32.2 Å². The summed E-state index contributed by atoms with van der Waals surface area (Å²) in [6, 6.07) is 15.5. The molecule has 3 amide bonds. The molecule has 4 rings (SSSR count). The zero-order valence-corrected chi connectivity index (χ0v) is 25.2. The first-order valence-corrected chi connectivity index (χ1v) is 14.2. The SMILES string of the molecule is COc1cc(/C=C2\SC(=O)N(CCOc3ccccc3Cl)C2=O)cc(Br)c1OCC(=O)Nc1ccc(C)c(Cl)c1. The summed E-state index contributed by atoms with van der Waals surface area (Å²) in [5, 5.41) is 3.32. The van der Waals surface area contributed by atoms with Gasteiger partial charge in [0.1, 0.15) is 12.4 Å². The van der Waals surface area contributed by atoms with Crippen molar-refractivity contribution in [3.63, 3.8) is 0 Å². The number of carbonyl (C=O) groups excluding carboxylic acids is 3. The number of imide groups is 1. The molecule has 0 saturated carbocycles. The predicted octanol–water partition coefficient (Wildman–Crippen LogP) is 7.21. The summed E-state index contributed by atoms with van der Waals surface area (Å²) in [5.41, 5.74) is 2.04. The molecule has 208 valence electrons. The first-order valence-electron chi connectivity index (χ1n) is 11.8. The molecule has 1 saturated heterocycles. The highest BCUT2D eigenvalue weighted by molar-refractivity contribution is 9.10. The van der Waals surface area contributed by atoms with Crippen molar-refractivity contribution >= 4 is 79.7 Å². The summed E-state index contributed by atoms with van der Waals surface area (Å²) < 4.78 is 17.3. The van der Waals surface area contributed by atoms with E-state index in [0.717, 1.165) is 22.2 Å². The Labute approximate surface area is 253 Å². The second kappa shape index (κ2) is 13.5. The molecule has 3 aromatic rings. The van der Waals surface area contributed by atoms with Crippen LogP contribution in [0.3, 0.4) is 0 Å². The van der Waals surface area contributed by atoms with Crippen LogP contribution in [0.4, 0.5) is 10.5 Å². The van der Waals surface area contributed by atoms with Gasteiger partial charge in [-0.2, -0.15) is 0 Å². The largest absolute Gasteiger partial charge is 0.493 e. The number of aryl methyl sites for hydroxylation is 1. The van der Waals surface area contributed by atoms with Crippen LogP contribution in [0, 0.1) is 6.92 Å². The smallest absolute Gasteiger partial charge is 0.293 e. The number of rotatable bonds is 10. The van der Waals surface area contributed by atoms with E-state index in [1.807, 2.05) is 6.92 Å². The lowest BCUT2D eigenvalue weighted by Crippen LogP contribution is -2.32. The minimum atomic E-state index is -0.430. The normalized spacial score (nSPS) is 14.0. The van der Waals surface area contributed by atoms with Crippen LogP contribution in [0.1, 0.15) is 11.1 Å². The summed E-state index contributed by atoms with van der Waals surface area (Å²) in [5.74, 6) is 0.301. The fourth-order valence-corrected chi connectivity index (χ4v) is 5.43. The number of para-hydroxylation sites is 1. The highest BCUT2D eigenvalue weighted by atomic mass is 79.9. The van der Waals surface area contributed by atoms with Gasteiger partial charge in [0.05, 0.1) is 28.1 Å². The summed E-state index contributed by atoms with van der Waals surface area (Å²) in [7, 11) is 1.46. The number of benzene rings is 3. The second-order valence-electron chi connectivity index (χ2n) is 8.45. The molecular weight excluding hydrogens is 643 g/mol. The van der Waals surface area contributed by atoms with Crippen LogP contribution in [0.2, 0.25) is 10.0 Å². The number of carbonyl (C=O) groups is 3. The Balaban J connectivity index is 1.40. The average Bonchev–Trinajstić information content (AvgIpc) is 3.18. The summed E-state index contributed by atoms with van der Waals surface area (Å²) in [6.45, 7) is 1.76. The monoisotopic (exact) mass is 664 g/mol. The first kappa shape index (κ1) is 29.8. The molecule has 1 aliphatic rings. The molecule has 0 radical (unpaired) electrons. The van der Waals surface area contributed by atoms with Gasteiger partial charge in [-0.15, -0.1) is 0 Å². The van der Waals surface area contributed by atoms with Crippen LogP contribution in [-0.2, 0) is 9.59 Å². The van der Waals surface area contributed by atoms with Crippen molar-refractivity contribution in [1.29, 1.82) is 0 Å². The molecule has 0 aromatic heterocycles. The van der Waals surface area contributed by atoms with Crippen LogP contribution in [-0.4, -0.2) is 48.8 Å². The van der Waals surface area contributed by atoms with Gasteiger partial charge in [-0.25, -0.2) is 0 Å². The predicted molar refractivity (Wildman–Crippen MR) is 161 cm³/mol. The third-order valence-corrected chi connectivity index (χ3v) is 7.85. The van der Waals surface area contributed by atoms with E-state index in [9.17, 15) is 14.4 Å². The Hall–Kier alpha value is -3.18. The number of hydrogen-bond acceptors (Lipinski definition) is 7. The number of hydrogen-bond donors (Lipinski definition) is 1. The Morgan fingerprint density at radius 2 is 1.82 bits per heavy atom. The van der Waals surface area contributed by atoms with E-state index in [2.05, 4.69) is 21.2 Å². The zero-order chi connectivity index (χ0) is 28.8. The highest BCUT2D eigenvalue weighted by Crippen LogP contribution is 2.39. The summed E-state index contributed by atoms with van der Waals surface area (Å²) >= 11 is 16.5. The second-order valence-corrected chi connectivity index (χ2v) is 11.1. The van der Waals surface area contributed by atoms with Crippen molar-refractivity contribution < 1.29 is 28.6 Å². The fourth-order valence-electron chi connectivity index (χ4n) is 3.62. The molecule has 8 nitrogen and oxygen atoms in total. The Kier molecular flexibility index (Phi) is 10.0. The van der Waals surface area contributed by atoms with Gasteiger partial charge in [-0.05, 0) is 88.2 Å². The lowest BCUT2D eigenvalue weighted by atomic mass is 10.2. The molecule has 0 aliphatic carbocycles. The first-order chi connectivity index (χ1) is 19.2. The van der Waals surface area contributed by atoms with Crippen LogP contribution < -0.4 is 19.5 Å². The molecule has 0 bridgehead atoms. The van der Waals surface area contributed by atoms with Gasteiger partial charge < -0.3 is 19.5 Å². The minimum Gasteiger partial charge on any atom is -0.493 e. The third-order valence-electron chi connectivity index (χ3n) is 5.64. The number of amides is 3. The maximum atomic E-state index is 12.9. The van der Waals surface area contributed by atoms with Gasteiger partial charge in [0, 0.05) is 10.7 Å². The molecule has 1 fully saturated rings. The van der Waals surface area contributed by atoms with Crippen molar-refractivity contribution in [3.05, 3.63) is 85.1 Å². The van der Waals surface area contributed by atoms with Crippen molar-refractivity contribution in [2.45, 2.75) is 6.92 Å². The average molecular weight is 666 g/mol. The maximum absolute atomic E-state index is 12.9. The van der Waals surface area contributed by atoms with Crippen molar-refractivity contribution in [3.8, 4) is 17.2 Å². The standard InChI is InChI=1S/C28H23BrCl2N2O6S/c1-16-7-8-18(14-21(16)31)32-25(34)15-39-26-19(29)11-17(12-23(26)37-2)13-24-27(35)33(28(36)40-24)9-10-38-22-6-4-3-5-20(22)30/h3-8,11-14H,9-10,15H2,1-2H3,(H,32,34)/b24-13-. The van der Waals surface area contributed by atoms with E-state index in [0.29, 0.717) is 43.0 Å². The summed E-state index contributed by atoms with van der Waals surface area (Å²) in [6.07, 6.45) is 1.59. The van der Waals surface area contributed by atoms with Crippen LogP contribution in [0.15, 0.2) is 64.0 Å². The molecule has 12 heteroatoms. The van der Waals surface area contributed by atoms with Gasteiger partial charge in [0.15, 0.2) is 18.1 Å². The van der Waals surface area contributed by atoms with E-state index in [4.69, 9.17) is 37.4 Å². The molecular formula is C28H23BrCl2N2O6S. The number of nitrogens with zero attached hydrogens (tertiary/aromatic N) is 1. The molecule has 3 aromatic carbocycles. The number of ether oxygens (including phenoxy) is 3. The number of methoxy groups -OCH3 is 1. The van der Waals surface area contributed by atoms with E-state index >= 15 is 0 Å². The molecule has 1 heterocycles. The number of thioether (sulfide) groups is 1. The molecule has 0 atom stereocenters. The fraction of sp³-hybridized carbons (Fsp3) is 0.179. The number of halogens is 3. The molecule has 0 unspecified atom stereocenters. The van der Waals surface area contributed by atoms with E-state index in [1.54, 1.807) is 60.7 Å². The summed E-state index contributed by atoms with van der Waals surface area (Å²) in [4.78, 5) is 39.2. The minimum absolute atomic E-state index is 0.0733. The van der Waals surface area contributed by atoms with Crippen LogP contribution in [0.5, 0.6) is 17.2 Å². The topological polar surface area (TPSA) is 94.2 Å². The number of nitrogens with one attached hydrogen (secondary N) is 1. The van der Waals surface area contributed by atoms with Crippen molar-refractivity contribution in [1.82, 2.24) is 4.90 Å². The third kappa shape index (κ3) is 7.31. The van der Waals surface area contributed by atoms with Gasteiger partial charge in [-0.1, -0.05) is 41.4 Å². The maximum Gasteiger partial charge on any atom is 0.293 e. The molecule has 40 heavy (non-hydrogen) atoms. The highest BCUT2D eigenvalue weighted by Gasteiger charge is 2.35. The molecule has 1 aliphatic heterocycles. The van der Waals surface area contributed by atoms with Crippen LogP contribution in [0.25, 0.3) is 6.08 Å². The lowest BCUT2D eigenvalue weighted by Gasteiger charge is -2.14. The number of anilines is 1. The Bertz CT molecular complexity index is 1500. The van der Waals surface area contributed by atoms with Gasteiger partial charge >= 0.3 is 0 Å². The van der Waals surface area contributed by atoms with E-state index < -0.39 is 11.1 Å². The Morgan fingerprint density at radius 1 is 1.05 bits per heavy atom. The quantitative estimate of drug-likeness (QED) is 0.229. The van der Waals surface area contributed by atoms with Gasteiger partial charge in [0.25, 0.3) is 17.1 Å². The van der Waals surface area contributed by atoms with E-state index in [1.165, 1.54) is 7.11 Å². The lowest BCUT2D eigenvalue weighted by molar-refractivity contribution is -0.123. The Morgan fingerprint density at radius 3 is 2.55 bits per heavy atom. The molecule has 1 N–H and O–H groups in total. The van der Waals surface area contributed by atoms with Crippen molar-refractivity contribution in [2.24, 2.45) is 0 Å². The van der Waals surface area contributed by atoms with Gasteiger partial charge in [0.2, 0.25) is 0 Å². The molecule has 0 spiro atoms. The zero-order valence-electron chi connectivity index (χ0n) is 21.3. The van der Waals surface area contributed by atoms with Crippen LogP contribution >= 0.6 is 50.9 Å². The van der Waals surface area contributed by atoms with E-state index in [-0.39, 0.29) is 30.6 Å². The van der Waals surface area contributed by atoms with Gasteiger partial charge in [-0.3, -0.25) is 19.3 Å².